The first kappa shape index (κ1) is 16.3. The maximum atomic E-state index is 14.5. The molecule has 1 unspecified atom stereocenters. The normalized spacial score (nSPS) is 18.2. The van der Waals surface area contributed by atoms with E-state index in [0.717, 1.165) is 32.5 Å². The third kappa shape index (κ3) is 2.22. The highest BCUT2D eigenvalue weighted by atomic mass is 31.2. The molecule has 4 aromatic carbocycles. The Kier molecular flexibility index (Phi) is 3.50. The summed E-state index contributed by atoms with van der Waals surface area (Å²) in [6.07, 6.45) is 0. The Morgan fingerprint density at radius 3 is 2.41 bits per heavy atom. The zero-order chi connectivity index (χ0) is 18.6. The SMILES string of the molecule is CN1c2cc(F)ccc2-c2c(ccc3ccccc23)P1(=O)c1ccccc1. The van der Waals surface area contributed by atoms with Crippen LogP contribution in [0.2, 0.25) is 0 Å². The molecular weight excluding hydrogens is 356 g/mol. The summed E-state index contributed by atoms with van der Waals surface area (Å²) >= 11 is 0. The highest BCUT2D eigenvalue weighted by Crippen LogP contribution is 2.57. The van der Waals surface area contributed by atoms with E-state index in [4.69, 9.17) is 0 Å². The Labute approximate surface area is 157 Å². The fourth-order valence-electron chi connectivity index (χ4n) is 4.04. The van der Waals surface area contributed by atoms with Crippen molar-refractivity contribution in [2.45, 2.75) is 0 Å². The molecule has 2 nitrogen and oxygen atoms in total. The molecule has 0 N–H and O–H groups in total. The topological polar surface area (TPSA) is 20.3 Å². The van der Waals surface area contributed by atoms with Crippen LogP contribution in [0.15, 0.2) is 84.9 Å². The molecule has 0 spiro atoms. The standard InChI is InChI=1S/C23H17FNOP/c1-25-21-15-17(24)12-13-20(21)23-19-10-6-5-7-16(19)11-14-22(23)27(25,26)18-8-3-2-4-9-18/h2-15H,1H3. The predicted octanol–water partition coefficient (Wildman–Crippen LogP) is 5.32. The van der Waals surface area contributed by atoms with E-state index < -0.39 is 7.29 Å². The van der Waals surface area contributed by atoms with Crippen LogP contribution in [-0.4, -0.2) is 7.05 Å². The lowest BCUT2D eigenvalue weighted by atomic mass is 9.96. The van der Waals surface area contributed by atoms with E-state index in [9.17, 15) is 8.96 Å². The van der Waals surface area contributed by atoms with Gasteiger partial charge in [0.25, 0.3) is 0 Å². The summed E-state index contributed by atoms with van der Waals surface area (Å²) in [7, 11) is -1.34. The summed E-state index contributed by atoms with van der Waals surface area (Å²) < 4.78 is 30.4. The van der Waals surface area contributed by atoms with Crippen LogP contribution in [0, 0.1) is 5.82 Å². The number of hydrogen-bond donors (Lipinski definition) is 0. The highest BCUT2D eigenvalue weighted by Gasteiger charge is 2.40. The van der Waals surface area contributed by atoms with Crippen molar-refractivity contribution in [3.63, 3.8) is 0 Å². The van der Waals surface area contributed by atoms with Crippen molar-refractivity contribution < 1.29 is 8.96 Å². The van der Waals surface area contributed by atoms with E-state index in [2.05, 4.69) is 0 Å². The minimum Gasteiger partial charge on any atom is -0.318 e. The second kappa shape index (κ2) is 5.80. The molecule has 0 radical (unpaired) electrons. The van der Waals surface area contributed by atoms with Crippen LogP contribution in [0.3, 0.4) is 0 Å². The van der Waals surface area contributed by atoms with Crippen LogP contribution < -0.4 is 15.3 Å². The molecule has 27 heavy (non-hydrogen) atoms. The van der Waals surface area contributed by atoms with Crippen LogP contribution in [0.1, 0.15) is 0 Å². The first-order chi connectivity index (χ1) is 13.1. The van der Waals surface area contributed by atoms with Gasteiger partial charge in [-0.1, -0.05) is 48.5 Å². The average molecular weight is 373 g/mol. The second-order valence-electron chi connectivity index (χ2n) is 6.78. The molecule has 0 aromatic heterocycles. The van der Waals surface area contributed by atoms with Crippen molar-refractivity contribution >= 4 is 34.4 Å². The van der Waals surface area contributed by atoms with Gasteiger partial charge >= 0.3 is 0 Å². The molecular formula is C23H17FNOP. The summed E-state index contributed by atoms with van der Waals surface area (Å²) in [4.78, 5) is 0. The van der Waals surface area contributed by atoms with Crippen molar-refractivity contribution in [3.05, 3.63) is 90.7 Å². The van der Waals surface area contributed by atoms with E-state index >= 15 is 0 Å². The van der Waals surface area contributed by atoms with Crippen LogP contribution in [0.25, 0.3) is 21.9 Å². The van der Waals surface area contributed by atoms with Gasteiger partial charge in [0.05, 0.1) is 5.69 Å². The molecule has 4 aromatic rings. The Morgan fingerprint density at radius 1 is 0.852 bits per heavy atom. The molecule has 0 bridgehead atoms. The maximum Gasteiger partial charge on any atom is 0.230 e. The lowest BCUT2D eigenvalue weighted by Crippen LogP contribution is -2.34. The molecule has 132 valence electrons. The van der Waals surface area contributed by atoms with Gasteiger partial charge in [-0.2, -0.15) is 0 Å². The van der Waals surface area contributed by atoms with Gasteiger partial charge < -0.3 is 4.67 Å². The maximum absolute atomic E-state index is 14.5. The Bertz CT molecular complexity index is 1240. The highest BCUT2D eigenvalue weighted by molar-refractivity contribution is 7.80. The number of anilines is 1. The van der Waals surface area contributed by atoms with Crippen molar-refractivity contribution in [1.29, 1.82) is 0 Å². The second-order valence-corrected chi connectivity index (χ2v) is 9.53. The van der Waals surface area contributed by atoms with Gasteiger partial charge in [-0.05, 0) is 47.2 Å². The molecule has 1 atom stereocenters. The minimum absolute atomic E-state index is 0.330. The van der Waals surface area contributed by atoms with Gasteiger partial charge in [0.2, 0.25) is 7.29 Å². The number of halogens is 1. The summed E-state index contributed by atoms with van der Waals surface area (Å²) in [6, 6.07) is 26.3. The minimum atomic E-state index is -3.14. The number of nitrogens with zero attached hydrogens (tertiary/aromatic N) is 1. The van der Waals surface area contributed by atoms with Crippen molar-refractivity contribution in [2.24, 2.45) is 0 Å². The number of benzene rings is 4. The summed E-state index contributed by atoms with van der Waals surface area (Å²) in [5.41, 5.74) is 2.51. The fraction of sp³-hybridized carbons (Fsp3) is 0.0435. The Hall–Kier alpha value is -2.90. The molecule has 0 saturated heterocycles. The van der Waals surface area contributed by atoms with Crippen LogP contribution in [0.5, 0.6) is 0 Å². The number of fused-ring (bicyclic) bond motifs is 5. The van der Waals surface area contributed by atoms with E-state index in [0.29, 0.717) is 5.69 Å². The average Bonchev–Trinajstić information content (AvgIpc) is 2.72. The van der Waals surface area contributed by atoms with Gasteiger partial charge in [0, 0.05) is 28.8 Å². The van der Waals surface area contributed by atoms with E-state index in [1.807, 2.05) is 66.7 Å². The van der Waals surface area contributed by atoms with Crippen LogP contribution >= 0.6 is 7.29 Å². The lowest BCUT2D eigenvalue weighted by Gasteiger charge is -2.38. The van der Waals surface area contributed by atoms with Gasteiger partial charge in [-0.25, -0.2) is 4.39 Å². The van der Waals surface area contributed by atoms with E-state index in [-0.39, 0.29) is 5.82 Å². The van der Waals surface area contributed by atoms with E-state index in [1.165, 1.54) is 12.1 Å². The first-order valence-corrected chi connectivity index (χ1v) is 10.5. The number of hydrogen-bond acceptors (Lipinski definition) is 1. The largest absolute Gasteiger partial charge is 0.318 e. The first-order valence-electron chi connectivity index (χ1n) is 8.83. The molecule has 0 amide bonds. The van der Waals surface area contributed by atoms with Crippen molar-refractivity contribution in [3.8, 4) is 11.1 Å². The molecule has 0 fully saturated rings. The van der Waals surface area contributed by atoms with Gasteiger partial charge in [0.15, 0.2) is 0 Å². The summed E-state index contributed by atoms with van der Waals surface area (Å²) in [5.74, 6) is -0.330. The van der Waals surface area contributed by atoms with Gasteiger partial charge in [-0.3, -0.25) is 4.57 Å². The quantitative estimate of drug-likeness (QED) is 0.421. The monoisotopic (exact) mass is 373 g/mol. The smallest absolute Gasteiger partial charge is 0.230 e. The summed E-state index contributed by atoms with van der Waals surface area (Å²) in [6.45, 7) is 0. The third-order valence-electron chi connectivity index (χ3n) is 5.34. The molecule has 0 saturated carbocycles. The van der Waals surface area contributed by atoms with Crippen molar-refractivity contribution in [2.75, 3.05) is 11.7 Å². The lowest BCUT2D eigenvalue weighted by molar-refractivity contribution is 0.585. The van der Waals surface area contributed by atoms with Gasteiger partial charge in [0.1, 0.15) is 5.82 Å². The molecule has 1 aliphatic heterocycles. The predicted molar refractivity (Wildman–Crippen MR) is 111 cm³/mol. The third-order valence-corrected chi connectivity index (χ3v) is 8.42. The molecule has 1 aliphatic rings. The Balaban J connectivity index is 1.96. The Morgan fingerprint density at radius 2 is 1.59 bits per heavy atom. The molecule has 1 heterocycles. The van der Waals surface area contributed by atoms with Crippen LogP contribution in [-0.2, 0) is 4.57 Å². The zero-order valence-electron chi connectivity index (χ0n) is 14.8. The molecule has 5 rings (SSSR count). The molecule has 4 heteroatoms. The zero-order valence-corrected chi connectivity index (χ0v) is 15.7. The fourth-order valence-corrected chi connectivity index (χ4v) is 6.85. The number of rotatable bonds is 1. The van der Waals surface area contributed by atoms with E-state index in [1.54, 1.807) is 17.8 Å². The van der Waals surface area contributed by atoms with Crippen molar-refractivity contribution in [1.82, 2.24) is 0 Å². The summed E-state index contributed by atoms with van der Waals surface area (Å²) in [5, 5.41) is 3.66. The molecule has 0 aliphatic carbocycles. The van der Waals surface area contributed by atoms with Crippen LogP contribution in [0.4, 0.5) is 10.1 Å². The van der Waals surface area contributed by atoms with Gasteiger partial charge in [-0.15, -0.1) is 0 Å².